The van der Waals surface area contributed by atoms with Crippen LogP contribution in [0.3, 0.4) is 0 Å². The van der Waals surface area contributed by atoms with Gasteiger partial charge in [0, 0.05) is 36.4 Å². The molecule has 7 heteroatoms. The average molecular weight is 330 g/mol. The summed E-state index contributed by atoms with van der Waals surface area (Å²) in [7, 11) is 1.36. The van der Waals surface area contributed by atoms with Crippen LogP contribution >= 0.6 is 23.1 Å². The highest BCUT2D eigenvalue weighted by atomic mass is 32.2. The lowest BCUT2D eigenvalue weighted by molar-refractivity contribution is -0.141. The largest absolute Gasteiger partial charge is 0.469 e. The van der Waals surface area contributed by atoms with Crippen LogP contribution in [0.25, 0.3) is 0 Å². The van der Waals surface area contributed by atoms with Crippen LogP contribution in [-0.4, -0.2) is 47.7 Å². The molecule has 21 heavy (non-hydrogen) atoms. The smallest absolute Gasteiger partial charge is 0.307 e. The van der Waals surface area contributed by atoms with Gasteiger partial charge in [-0.2, -0.15) is 11.8 Å². The second-order valence-electron chi connectivity index (χ2n) is 4.46. The molecule has 0 aliphatic carbocycles. The van der Waals surface area contributed by atoms with E-state index >= 15 is 0 Å². The van der Waals surface area contributed by atoms with Gasteiger partial charge < -0.3 is 9.64 Å². The number of hydrogen-bond donors (Lipinski definition) is 0. The minimum absolute atomic E-state index is 0.0864. The first-order valence-corrected chi connectivity index (χ1v) is 8.93. The SMILES string of the molecule is CCN(CCC(=O)OC)C(=O)CCSCc1csc(C)n1. The van der Waals surface area contributed by atoms with Gasteiger partial charge in [0.05, 0.1) is 24.2 Å². The molecule has 0 fully saturated rings. The van der Waals surface area contributed by atoms with E-state index in [9.17, 15) is 9.59 Å². The summed E-state index contributed by atoms with van der Waals surface area (Å²) in [6, 6.07) is 0. The molecule has 0 saturated carbocycles. The van der Waals surface area contributed by atoms with Crippen LogP contribution in [0.4, 0.5) is 0 Å². The van der Waals surface area contributed by atoms with Gasteiger partial charge in [-0.05, 0) is 13.8 Å². The molecule has 1 heterocycles. The number of amides is 1. The van der Waals surface area contributed by atoms with E-state index in [-0.39, 0.29) is 18.3 Å². The fourth-order valence-electron chi connectivity index (χ4n) is 1.76. The van der Waals surface area contributed by atoms with Gasteiger partial charge in [0.25, 0.3) is 0 Å². The Labute approximate surface area is 134 Å². The number of hydrogen-bond acceptors (Lipinski definition) is 6. The Bertz CT molecular complexity index is 463. The van der Waals surface area contributed by atoms with E-state index in [2.05, 4.69) is 15.1 Å². The monoisotopic (exact) mass is 330 g/mol. The van der Waals surface area contributed by atoms with Crippen LogP contribution in [-0.2, 0) is 20.1 Å². The zero-order valence-electron chi connectivity index (χ0n) is 12.8. The molecule has 1 aromatic heterocycles. The maximum atomic E-state index is 12.0. The van der Waals surface area contributed by atoms with Gasteiger partial charge in [0.15, 0.2) is 0 Å². The Hall–Kier alpha value is -1.08. The molecule has 0 spiro atoms. The van der Waals surface area contributed by atoms with Gasteiger partial charge in [0.2, 0.25) is 5.91 Å². The molecule has 0 atom stereocenters. The number of aromatic nitrogens is 1. The predicted molar refractivity (Wildman–Crippen MR) is 86.5 cm³/mol. The summed E-state index contributed by atoms with van der Waals surface area (Å²) in [5, 5.41) is 3.13. The lowest BCUT2D eigenvalue weighted by atomic mass is 10.3. The Balaban J connectivity index is 2.22. The number of rotatable bonds is 9. The van der Waals surface area contributed by atoms with Gasteiger partial charge in [-0.15, -0.1) is 11.3 Å². The molecular formula is C14H22N2O3S2. The molecule has 1 aromatic rings. The predicted octanol–water partition coefficient (Wildman–Crippen LogP) is 2.49. The molecular weight excluding hydrogens is 308 g/mol. The third kappa shape index (κ3) is 6.95. The minimum Gasteiger partial charge on any atom is -0.469 e. The molecule has 0 bridgehead atoms. The van der Waals surface area contributed by atoms with Crippen molar-refractivity contribution in [2.45, 2.75) is 32.4 Å². The van der Waals surface area contributed by atoms with Crippen molar-refractivity contribution in [1.82, 2.24) is 9.88 Å². The molecule has 0 N–H and O–H groups in total. The third-order valence-electron chi connectivity index (χ3n) is 2.92. The summed E-state index contributed by atoms with van der Waals surface area (Å²) in [5.41, 5.74) is 1.08. The Morgan fingerprint density at radius 3 is 2.76 bits per heavy atom. The number of carbonyl (C=O) groups excluding carboxylic acids is 2. The van der Waals surface area contributed by atoms with Crippen molar-refractivity contribution in [3.05, 3.63) is 16.1 Å². The molecule has 0 aliphatic heterocycles. The van der Waals surface area contributed by atoms with E-state index in [1.807, 2.05) is 13.8 Å². The lowest BCUT2D eigenvalue weighted by Crippen LogP contribution is -2.33. The second-order valence-corrected chi connectivity index (χ2v) is 6.63. The fraction of sp³-hybridized carbons (Fsp3) is 0.643. The maximum Gasteiger partial charge on any atom is 0.307 e. The molecule has 5 nitrogen and oxygen atoms in total. The number of methoxy groups -OCH3 is 1. The first-order valence-electron chi connectivity index (χ1n) is 6.90. The lowest BCUT2D eigenvalue weighted by Gasteiger charge is -2.20. The molecule has 0 radical (unpaired) electrons. The van der Waals surface area contributed by atoms with E-state index < -0.39 is 0 Å². The average Bonchev–Trinajstić information content (AvgIpc) is 2.89. The van der Waals surface area contributed by atoms with Gasteiger partial charge in [-0.3, -0.25) is 9.59 Å². The molecule has 0 aromatic carbocycles. The Morgan fingerprint density at radius 2 is 2.19 bits per heavy atom. The van der Waals surface area contributed by atoms with Crippen molar-refractivity contribution in [3.8, 4) is 0 Å². The Morgan fingerprint density at radius 1 is 1.43 bits per heavy atom. The first kappa shape index (κ1) is 18.0. The number of esters is 1. The normalized spacial score (nSPS) is 10.4. The summed E-state index contributed by atoms with van der Waals surface area (Å²) in [6.45, 7) is 4.95. The molecule has 1 amide bonds. The van der Waals surface area contributed by atoms with Gasteiger partial charge in [-0.1, -0.05) is 0 Å². The summed E-state index contributed by atoms with van der Waals surface area (Å²) < 4.78 is 4.59. The van der Waals surface area contributed by atoms with Crippen molar-refractivity contribution in [3.63, 3.8) is 0 Å². The summed E-state index contributed by atoms with van der Waals surface area (Å²) in [6.07, 6.45) is 0.740. The summed E-state index contributed by atoms with van der Waals surface area (Å²) >= 11 is 3.36. The number of nitrogens with zero attached hydrogens (tertiary/aromatic N) is 2. The summed E-state index contributed by atoms with van der Waals surface area (Å²) in [4.78, 5) is 29.2. The number of carbonyl (C=O) groups is 2. The topological polar surface area (TPSA) is 59.5 Å². The second kappa shape index (κ2) is 9.78. The van der Waals surface area contributed by atoms with E-state index in [0.717, 1.165) is 22.2 Å². The molecule has 0 saturated heterocycles. The van der Waals surface area contributed by atoms with E-state index in [1.165, 1.54) is 7.11 Å². The van der Waals surface area contributed by atoms with Gasteiger partial charge >= 0.3 is 5.97 Å². The van der Waals surface area contributed by atoms with Crippen LogP contribution < -0.4 is 0 Å². The minimum atomic E-state index is -0.283. The van der Waals surface area contributed by atoms with Crippen molar-refractivity contribution in [2.24, 2.45) is 0 Å². The fourth-order valence-corrected chi connectivity index (χ4v) is 3.29. The number of aryl methyl sites for hydroxylation is 1. The molecule has 1 rings (SSSR count). The van der Waals surface area contributed by atoms with Crippen molar-refractivity contribution >= 4 is 35.0 Å². The van der Waals surface area contributed by atoms with Crippen LogP contribution in [0.2, 0.25) is 0 Å². The van der Waals surface area contributed by atoms with Gasteiger partial charge in [-0.25, -0.2) is 4.98 Å². The Kier molecular flexibility index (Phi) is 8.37. The highest BCUT2D eigenvalue weighted by Crippen LogP contribution is 2.16. The number of thioether (sulfide) groups is 1. The van der Waals surface area contributed by atoms with E-state index in [0.29, 0.717) is 19.5 Å². The van der Waals surface area contributed by atoms with Crippen LogP contribution in [0.5, 0.6) is 0 Å². The van der Waals surface area contributed by atoms with Crippen LogP contribution in [0.15, 0.2) is 5.38 Å². The van der Waals surface area contributed by atoms with E-state index in [4.69, 9.17) is 0 Å². The van der Waals surface area contributed by atoms with Crippen molar-refractivity contribution in [2.75, 3.05) is 26.0 Å². The zero-order chi connectivity index (χ0) is 15.7. The van der Waals surface area contributed by atoms with Crippen LogP contribution in [0, 0.1) is 6.92 Å². The number of ether oxygens (including phenoxy) is 1. The van der Waals surface area contributed by atoms with Crippen LogP contribution in [0.1, 0.15) is 30.5 Å². The van der Waals surface area contributed by atoms with Crippen molar-refractivity contribution < 1.29 is 14.3 Å². The third-order valence-corrected chi connectivity index (χ3v) is 4.74. The van der Waals surface area contributed by atoms with E-state index in [1.54, 1.807) is 28.0 Å². The first-order chi connectivity index (χ1) is 10.1. The summed E-state index contributed by atoms with van der Waals surface area (Å²) in [5.74, 6) is 1.41. The molecule has 0 aliphatic rings. The standard InChI is InChI=1S/C14H22N2O3S2/c1-4-16(7-5-14(18)19-3)13(17)6-8-20-9-12-10-21-11(2)15-12/h10H,4-9H2,1-3H3. The van der Waals surface area contributed by atoms with Crippen molar-refractivity contribution in [1.29, 1.82) is 0 Å². The quantitative estimate of drug-likeness (QED) is 0.514. The molecule has 0 unspecified atom stereocenters. The highest BCUT2D eigenvalue weighted by Gasteiger charge is 2.13. The maximum absolute atomic E-state index is 12.0. The number of thiazole rings is 1. The highest BCUT2D eigenvalue weighted by molar-refractivity contribution is 7.98. The van der Waals surface area contributed by atoms with Gasteiger partial charge in [0.1, 0.15) is 0 Å². The zero-order valence-corrected chi connectivity index (χ0v) is 14.4. The molecule has 118 valence electrons.